The number of H-pyrrole nitrogens is 1. The number of rotatable bonds is 4. The van der Waals surface area contributed by atoms with Gasteiger partial charge in [-0.25, -0.2) is 9.37 Å². The van der Waals surface area contributed by atoms with E-state index in [0.29, 0.717) is 33.8 Å². The maximum Gasteiger partial charge on any atom is 0.254 e. The number of carbonyl (C=O) groups excluding carboxylic acids is 1. The normalized spacial score (nSPS) is 14.8. The molecule has 0 radical (unpaired) electrons. The van der Waals surface area contributed by atoms with E-state index in [0.717, 1.165) is 5.56 Å². The van der Waals surface area contributed by atoms with Crippen LogP contribution in [0.5, 0.6) is 0 Å². The van der Waals surface area contributed by atoms with E-state index in [1.165, 1.54) is 4.90 Å². The Morgan fingerprint density at radius 2 is 2.03 bits per heavy atom. The van der Waals surface area contributed by atoms with Gasteiger partial charge < -0.3 is 15.0 Å². The average molecular weight is 425 g/mol. The van der Waals surface area contributed by atoms with Crippen LogP contribution < -0.4 is 0 Å². The lowest BCUT2D eigenvalue weighted by Gasteiger charge is -2.44. The Morgan fingerprint density at radius 1 is 1.33 bits per heavy atom. The summed E-state index contributed by atoms with van der Waals surface area (Å²) in [5.41, 5.74) is 1.79. The van der Waals surface area contributed by atoms with E-state index < -0.39 is 5.67 Å². The maximum absolute atomic E-state index is 15.2. The summed E-state index contributed by atoms with van der Waals surface area (Å²) >= 11 is 6.17. The van der Waals surface area contributed by atoms with Crippen LogP contribution in [0.15, 0.2) is 42.5 Å². The van der Waals surface area contributed by atoms with Crippen LogP contribution in [-0.4, -0.2) is 39.0 Å². The molecular formula is C22H18ClFN4O2. The molecule has 0 saturated carbocycles. The van der Waals surface area contributed by atoms with E-state index in [4.69, 9.17) is 16.9 Å². The molecule has 1 aliphatic heterocycles. The number of hydrogen-bond donors (Lipinski definition) is 2. The number of aromatic amines is 1. The highest BCUT2D eigenvalue weighted by Gasteiger charge is 2.47. The molecule has 1 fully saturated rings. The van der Waals surface area contributed by atoms with E-state index in [1.54, 1.807) is 42.5 Å². The predicted octanol–water partition coefficient (Wildman–Crippen LogP) is 3.72. The van der Waals surface area contributed by atoms with Gasteiger partial charge in [0, 0.05) is 11.1 Å². The minimum Gasteiger partial charge on any atom is -0.388 e. The van der Waals surface area contributed by atoms with Gasteiger partial charge >= 0.3 is 0 Å². The first-order chi connectivity index (χ1) is 14.3. The Bertz CT molecular complexity index is 1160. The van der Waals surface area contributed by atoms with Crippen molar-refractivity contribution in [3.05, 3.63) is 75.7 Å². The van der Waals surface area contributed by atoms with Crippen molar-refractivity contribution in [2.75, 3.05) is 13.1 Å². The van der Waals surface area contributed by atoms with Gasteiger partial charge in [0.15, 0.2) is 10.8 Å². The highest BCUT2D eigenvalue weighted by Crippen LogP contribution is 2.37. The smallest absolute Gasteiger partial charge is 0.254 e. The topological polar surface area (TPSA) is 93.0 Å². The number of aliphatic hydroxyl groups is 1. The summed E-state index contributed by atoms with van der Waals surface area (Å²) in [5, 5.41) is 18.3. The van der Waals surface area contributed by atoms with E-state index in [9.17, 15) is 9.90 Å². The molecule has 1 saturated heterocycles. The molecule has 8 heteroatoms. The van der Waals surface area contributed by atoms with Crippen molar-refractivity contribution < 1.29 is 14.3 Å². The van der Waals surface area contributed by atoms with Crippen molar-refractivity contribution in [3.63, 3.8) is 0 Å². The molecule has 1 aliphatic rings. The Morgan fingerprint density at radius 3 is 2.63 bits per heavy atom. The molecule has 30 heavy (non-hydrogen) atoms. The van der Waals surface area contributed by atoms with Crippen molar-refractivity contribution >= 4 is 17.5 Å². The lowest BCUT2D eigenvalue weighted by atomic mass is 9.87. The third-order valence-corrected chi connectivity index (χ3v) is 5.59. The number of nitriles is 1. The van der Waals surface area contributed by atoms with Gasteiger partial charge in [0.2, 0.25) is 0 Å². The second-order valence-corrected chi connectivity index (χ2v) is 7.71. The van der Waals surface area contributed by atoms with Crippen molar-refractivity contribution in [1.82, 2.24) is 14.9 Å². The number of nitrogens with one attached hydrogen (secondary N) is 1. The second kappa shape index (κ2) is 7.56. The number of alkyl halides is 1. The summed E-state index contributed by atoms with van der Waals surface area (Å²) in [6, 6.07) is 13.5. The molecule has 3 aromatic rings. The Labute approximate surface area is 177 Å². The standard InChI is InChI=1S/C22H18ClFN4O2/c1-13-2-5-15(8-17(13)19-20(23)27-18(10-29)26-19)21(30)28-11-22(24,12-28)16-6-3-14(9-25)4-7-16/h2-8,29H,10-12H2,1H3,(H,26,27). The minimum atomic E-state index is -1.63. The summed E-state index contributed by atoms with van der Waals surface area (Å²) in [7, 11) is 0. The summed E-state index contributed by atoms with van der Waals surface area (Å²) in [6.07, 6.45) is 0. The quantitative estimate of drug-likeness (QED) is 0.667. The second-order valence-electron chi connectivity index (χ2n) is 7.35. The summed E-state index contributed by atoms with van der Waals surface area (Å²) in [6.45, 7) is 1.49. The average Bonchev–Trinajstić information content (AvgIpc) is 3.12. The van der Waals surface area contributed by atoms with E-state index in [-0.39, 0.29) is 30.8 Å². The number of likely N-dealkylation sites (tertiary alicyclic amines) is 1. The van der Waals surface area contributed by atoms with Crippen molar-refractivity contribution in [3.8, 4) is 17.3 Å². The highest BCUT2D eigenvalue weighted by molar-refractivity contribution is 6.32. The third-order valence-electron chi connectivity index (χ3n) is 5.31. The van der Waals surface area contributed by atoms with Crippen molar-refractivity contribution in [2.45, 2.75) is 19.2 Å². The number of imidazole rings is 1. The SMILES string of the molecule is Cc1ccc(C(=O)N2CC(F)(c3ccc(C#N)cc3)C2)cc1-c1[nH]c(CO)nc1Cl. The fourth-order valence-corrected chi connectivity index (χ4v) is 3.84. The third kappa shape index (κ3) is 3.45. The molecule has 2 N–H and O–H groups in total. The monoisotopic (exact) mass is 424 g/mol. The molecule has 6 nitrogen and oxygen atoms in total. The summed E-state index contributed by atoms with van der Waals surface area (Å²) < 4.78 is 15.2. The van der Waals surface area contributed by atoms with Crippen LogP contribution >= 0.6 is 11.6 Å². The van der Waals surface area contributed by atoms with E-state index in [2.05, 4.69) is 9.97 Å². The molecule has 0 bridgehead atoms. The molecule has 2 aromatic carbocycles. The lowest BCUT2D eigenvalue weighted by molar-refractivity contribution is -0.0231. The van der Waals surface area contributed by atoms with Gasteiger partial charge in [-0.15, -0.1) is 0 Å². The lowest BCUT2D eigenvalue weighted by Crippen LogP contribution is -2.58. The number of aromatic nitrogens is 2. The van der Waals surface area contributed by atoms with Crippen LogP contribution in [0.2, 0.25) is 5.15 Å². The number of amides is 1. The highest BCUT2D eigenvalue weighted by atomic mass is 35.5. The first kappa shape index (κ1) is 20.1. The zero-order valence-electron chi connectivity index (χ0n) is 16.1. The van der Waals surface area contributed by atoms with Crippen molar-refractivity contribution in [2.24, 2.45) is 0 Å². The predicted molar refractivity (Wildman–Crippen MR) is 110 cm³/mol. The minimum absolute atomic E-state index is 0.0551. The number of halogens is 2. The molecule has 0 unspecified atom stereocenters. The van der Waals surface area contributed by atoms with Gasteiger partial charge in [0.25, 0.3) is 5.91 Å². The van der Waals surface area contributed by atoms with E-state index in [1.807, 2.05) is 13.0 Å². The van der Waals surface area contributed by atoms with E-state index >= 15 is 4.39 Å². The number of nitrogens with zero attached hydrogens (tertiary/aromatic N) is 3. The Kier molecular flexibility index (Phi) is 5.06. The van der Waals surface area contributed by atoms with Gasteiger partial charge in [-0.05, 0) is 42.3 Å². The molecule has 4 rings (SSSR count). The van der Waals surface area contributed by atoms with Crippen LogP contribution in [0.25, 0.3) is 11.3 Å². The molecule has 1 aromatic heterocycles. The molecule has 0 atom stereocenters. The maximum atomic E-state index is 15.2. The molecular weight excluding hydrogens is 407 g/mol. The number of hydrogen-bond acceptors (Lipinski definition) is 4. The molecule has 2 heterocycles. The van der Waals surface area contributed by atoms with Crippen LogP contribution in [0, 0.1) is 18.3 Å². The number of carbonyl (C=O) groups is 1. The van der Waals surface area contributed by atoms with Crippen LogP contribution in [-0.2, 0) is 12.3 Å². The van der Waals surface area contributed by atoms with Gasteiger partial charge in [0.05, 0.1) is 30.4 Å². The largest absolute Gasteiger partial charge is 0.388 e. The first-order valence-electron chi connectivity index (χ1n) is 9.30. The summed E-state index contributed by atoms with van der Waals surface area (Å²) in [5.74, 6) is 0.0506. The zero-order chi connectivity index (χ0) is 21.5. The van der Waals surface area contributed by atoms with Crippen molar-refractivity contribution in [1.29, 1.82) is 5.26 Å². The molecule has 0 spiro atoms. The fraction of sp³-hybridized carbons (Fsp3) is 0.227. The fourth-order valence-electron chi connectivity index (χ4n) is 3.59. The van der Waals surface area contributed by atoms with Gasteiger partial charge in [0.1, 0.15) is 12.4 Å². The molecule has 152 valence electrons. The van der Waals surface area contributed by atoms with Crippen LogP contribution in [0.1, 0.15) is 32.9 Å². The Hall–Kier alpha value is -3.21. The molecule has 0 aliphatic carbocycles. The zero-order valence-corrected chi connectivity index (χ0v) is 16.9. The van der Waals surface area contributed by atoms with Gasteiger partial charge in [-0.3, -0.25) is 4.79 Å². The van der Waals surface area contributed by atoms with Crippen LogP contribution in [0.4, 0.5) is 4.39 Å². The molecule has 1 amide bonds. The number of aliphatic hydroxyl groups excluding tert-OH is 1. The summed E-state index contributed by atoms with van der Waals surface area (Å²) in [4.78, 5) is 21.3. The Balaban J connectivity index is 1.55. The van der Waals surface area contributed by atoms with Gasteiger partial charge in [-0.2, -0.15) is 5.26 Å². The number of aryl methyl sites for hydroxylation is 1. The van der Waals surface area contributed by atoms with Gasteiger partial charge in [-0.1, -0.05) is 29.8 Å². The first-order valence-corrected chi connectivity index (χ1v) is 9.67. The number of benzene rings is 2. The van der Waals surface area contributed by atoms with Crippen LogP contribution in [0.3, 0.4) is 0 Å².